The van der Waals surface area contributed by atoms with Crippen LogP contribution in [0.3, 0.4) is 0 Å². The van der Waals surface area contributed by atoms with Gasteiger partial charge < -0.3 is 15.4 Å². The molecule has 0 aliphatic rings. The molecule has 0 fully saturated rings. The summed E-state index contributed by atoms with van der Waals surface area (Å²) in [6.07, 6.45) is -0.384. The Morgan fingerprint density at radius 1 is 1.47 bits per heavy atom. The molecule has 0 aliphatic heterocycles. The summed E-state index contributed by atoms with van der Waals surface area (Å²) in [7, 11) is 0. The van der Waals surface area contributed by atoms with Gasteiger partial charge in [-0.1, -0.05) is 22.8 Å². The second-order valence-corrected chi connectivity index (χ2v) is 5.37. The molecule has 5 nitrogen and oxygen atoms in total. The number of hydrogen-bond donors (Lipinski definition) is 2. The van der Waals surface area contributed by atoms with E-state index in [1.165, 1.54) is 0 Å². The Bertz CT molecular complexity index is 535. The molecule has 0 radical (unpaired) electrons. The number of halogens is 1. The van der Waals surface area contributed by atoms with Crippen molar-refractivity contribution < 1.29 is 9.63 Å². The highest BCUT2D eigenvalue weighted by molar-refractivity contribution is 7.98. The van der Waals surface area contributed by atoms with Gasteiger partial charge in [-0.3, -0.25) is 0 Å². The summed E-state index contributed by atoms with van der Waals surface area (Å²) in [5, 5.41) is 14.2. The predicted octanol–water partition coefficient (Wildman–Crippen LogP) is 2.40. The van der Waals surface area contributed by atoms with Crippen LogP contribution in [0.2, 0.25) is 5.02 Å². The summed E-state index contributed by atoms with van der Waals surface area (Å²) >= 11 is 7.45. The number of aliphatic hydroxyl groups excluding tert-OH is 1. The largest absolute Gasteiger partial charge is 0.383 e. The van der Waals surface area contributed by atoms with Crippen molar-refractivity contribution in [1.29, 1.82) is 0 Å². The maximum absolute atomic E-state index is 9.65. The number of aliphatic hydroxyl groups is 1. The Hall–Kier alpha value is -1.08. The molecule has 1 aromatic carbocycles. The van der Waals surface area contributed by atoms with Crippen molar-refractivity contribution in [3.63, 3.8) is 0 Å². The fraction of sp³-hybridized carbons (Fsp3) is 0.333. The van der Waals surface area contributed by atoms with Gasteiger partial charge in [0.1, 0.15) is 6.10 Å². The number of nitrogens with zero attached hydrogens (tertiary/aromatic N) is 2. The van der Waals surface area contributed by atoms with E-state index in [-0.39, 0.29) is 5.89 Å². The fourth-order valence-electron chi connectivity index (χ4n) is 1.45. The first-order chi connectivity index (χ1) is 9.19. The van der Waals surface area contributed by atoms with Gasteiger partial charge in [-0.2, -0.15) is 4.98 Å². The van der Waals surface area contributed by atoms with Gasteiger partial charge in [-0.25, -0.2) is 0 Å². The topological polar surface area (TPSA) is 85.2 Å². The molecule has 1 heterocycles. The number of benzene rings is 1. The molecule has 2 aromatic rings. The average Bonchev–Trinajstić information content (AvgIpc) is 2.86. The second-order valence-electron chi connectivity index (χ2n) is 3.89. The lowest BCUT2D eigenvalue weighted by atomic mass is 10.2. The fourth-order valence-corrected chi connectivity index (χ4v) is 2.50. The molecular weight excluding hydrogens is 286 g/mol. The molecule has 0 bridgehead atoms. The van der Waals surface area contributed by atoms with Crippen LogP contribution in [0.5, 0.6) is 0 Å². The molecule has 1 unspecified atom stereocenters. The molecule has 7 heteroatoms. The molecule has 1 atom stereocenters. The minimum absolute atomic E-state index is 0.215. The van der Waals surface area contributed by atoms with E-state index in [1.807, 2.05) is 24.3 Å². The van der Waals surface area contributed by atoms with Crippen LogP contribution in [0.1, 0.15) is 24.2 Å². The molecule has 2 rings (SSSR count). The average molecular weight is 300 g/mol. The van der Waals surface area contributed by atoms with Crippen molar-refractivity contribution in [2.45, 2.75) is 23.2 Å². The minimum atomic E-state index is -0.789. The van der Waals surface area contributed by atoms with Crippen molar-refractivity contribution >= 4 is 23.4 Å². The third-order valence-electron chi connectivity index (χ3n) is 2.37. The molecular formula is C12H14ClN3O2S. The van der Waals surface area contributed by atoms with E-state index in [0.29, 0.717) is 29.6 Å². The van der Waals surface area contributed by atoms with Crippen LogP contribution < -0.4 is 5.73 Å². The molecule has 0 spiro atoms. The van der Waals surface area contributed by atoms with Gasteiger partial charge >= 0.3 is 0 Å². The highest BCUT2D eigenvalue weighted by atomic mass is 35.5. The van der Waals surface area contributed by atoms with Crippen molar-refractivity contribution in [2.75, 3.05) is 6.54 Å². The van der Waals surface area contributed by atoms with Crippen LogP contribution in [0.4, 0.5) is 0 Å². The van der Waals surface area contributed by atoms with E-state index >= 15 is 0 Å². The van der Waals surface area contributed by atoms with Gasteiger partial charge in [0.25, 0.3) is 5.89 Å². The molecule has 19 heavy (non-hydrogen) atoms. The van der Waals surface area contributed by atoms with Crippen LogP contribution in [-0.4, -0.2) is 21.8 Å². The highest BCUT2D eigenvalue weighted by Gasteiger charge is 2.15. The van der Waals surface area contributed by atoms with Gasteiger partial charge in [0, 0.05) is 9.92 Å². The summed E-state index contributed by atoms with van der Waals surface area (Å²) < 4.78 is 4.99. The monoisotopic (exact) mass is 299 g/mol. The summed E-state index contributed by atoms with van der Waals surface area (Å²) in [4.78, 5) is 5.16. The number of aromatic nitrogens is 2. The lowest BCUT2D eigenvalue weighted by molar-refractivity contribution is 0.127. The maximum atomic E-state index is 9.65. The van der Waals surface area contributed by atoms with Crippen molar-refractivity contribution in [3.8, 4) is 0 Å². The zero-order chi connectivity index (χ0) is 13.7. The second kappa shape index (κ2) is 6.91. The van der Waals surface area contributed by atoms with Crippen LogP contribution in [0.15, 0.2) is 33.7 Å². The van der Waals surface area contributed by atoms with Gasteiger partial charge in [0.2, 0.25) is 0 Å². The van der Waals surface area contributed by atoms with E-state index in [4.69, 9.17) is 21.9 Å². The van der Waals surface area contributed by atoms with Gasteiger partial charge in [-0.15, -0.1) is 11.8 Å². The summed E-state index contributed by atoms with van der Waals surface area (Å²) in [5.41, 5.74) is 5.36. The van der Waals surface area contributed by atoms with Crippen LogP contribution in [0, 0.1) is 0 Å². The van der Waals surface area contributed by atoms with E-state index in [9.17, 15) is 5.11 Å². The number of rotatable bonds is 6. The Kier molecular flexibility index (Phi) is 5.21. The lowest BCUT2D eigenvalue weighted by Gasteiger charge is -2.01. The Labute approximate surface area is 120 Å². The van der Waals surface area contributed by atoms with Crippen LogP contribution in [0.25, 0.3) is 0 Å². The molecule has 0 saturated heterocycles. The number of nitrogens with two attached hydrogens (primary N) is 1. The van der Waals surface area contributed by atoms with Crippen LogP contribution >= 0.6 is 23.4 Å². The minimum Gasteiger partial charge on any atom is -0.383 e. The molecule has 3 N–H and O–H groups in total. The first-order valence-corrected chi connectivity index (χ1v) is 7.14. The van der Waals surface area contributed by atoms with Gasteiger partial charge in [0.15, 0.2) is 5.82 Å². The molecule has 102 valence electrons. The van der Waals surface area contributed by atoms with E-state index in [1.54, 1.807) is 11.8 Å². The Morgan fingerprint density at radius 2 is 2.32 bits per heavy atom. The van der Waals surface area contributed by atoms with Gasteiger partial charge in [0.05, 0.1) is 5.75 Å². The third-order valence-corrected chi connectivity index (χ3v) is 3.60. The smallest absolute Gasteiger partial charge is 0.255 e. The Morgan fingerprint density at radius 3 is 3.05 bits per heavy atom. The third kappa shape index (κ3) is 4.21. The SMILES string of the molecule is NCCC(O)c1nc(CSc2cccc(Cl)c2)no1. The van der Waals surface area contributed by atoms with Gasteiger partial charge in [-0.05, 0) is 31.2 Å². The van der Waals surface area contributed by atoms with E-state index < -0.39 is 6.10 Å². The zero-order valence-electron chi connectivity index (χ0n) is 10.1. The molecule has 0 saturated carbocycles. The predicted molar refractivity (Wildman–Crippen MR) is 73.9 cm³/mol. The number of thioether (sulfide) groups is 1. The summed E-state index contributed by atoms with van der Waals surface area (Å²) in [6.45, 7) is 0.371. The van der Waals surface area contributed by atoms with Crippen molar-refractivity contribution in [2.24, 2.45) is 5.73 Å². The highest BCUT2D eigenvalue weighted by Crippen LogP contribution is 2.24. The first kappa shape index (κ1) is 14.3. The van der Waals surface area contributed by atoms with E-state index in [2.05, 4.69) is 10.1 Å². The quantitative estimate of drug-likeness (QED) is 0.797. The molecule has 1 aromatic heterocycles. The van der Waals surface area contributed by atoms with Crippen LogP contribution in [-0.2, 0) is 5.75 Å². The zero-order valence-corrected chi connectivity index (χ0v) is 11.7. The number of hydrogen-bond acceptors (Lipinski definition) is 6. The van der Waals surface area contributed by atoms with Crippen molar-refractivity contribution in [1.82, 2.24) is 10.1 Å². The molecule has 0 amide bonds. The standard InChI is InChI=1S/C12H14ClN3O2S/c13-8-2-1-3-9(6-8)19-7-11-15-12(18-16-11)10(17)4-5-14/h1-3,6,10,17H,4-5,7,14H2. The maximum Gasteiger partial charge on any atom is 0.255 e. The normalized spacial score (nSPS) is 12.6. The summed E-state index contributed by atoms with van der Waals surface area (Å²) in [6, 6.07) is 7.54. The van der Waals surface area contributed by atoms with Crippen molar-refractivity contribution in [3.05, 3.63) is 41.0 Å². The molecule has 0 aliphatic carbocycles. The lowest BCUT2D eigenvalue weighted by Crippen LogP contribution is -2.06. The Balaban J connectivity index is 1.93. The van der Waals surface area contributed by atoms with E-state index in [0.717, 1.165) is 4.90 Å². The first-order valence-electron chi connectivity index (χ1n) is 5.78. The summed E-state index contributed by atoms with van der Waals surface area (Å²) in [5.74, 6) is 1.31.